The first-order valence-electron chi connectivity index (χ1n) is 12.7. The summed E-state index contributed by atoms with van der Waals surface area (Å²) in [5.74, 6) is 1.02. The van der Waals surface area contributed by atoms with E-state index in [2.05, 4.69) is 78.0 Å². The van der Waals surface area contributed by atoms with Crippen molar-refractivity contribution in [2.75, 3.05) is 6.61 Å². The van der Waals surface area contributed by atoms with Gasteiger partial charge in [-0.05, 0) is 79.7 Å². The summed E-state index contributed by atoms with van der Waals surface area (Å²) < 4.78 is 18.3. The zero-order valence-electron chi connectivity index (χ0n) is 22.1. The van der Waals surface area contributed by atoms with Crippen molar-refractivity contribution >= 4 is 28.6 Å². The summed E-state index contributed by atoms with van der Waals surface area (Å²) in [6, 6.07) is 18.6. The van der Waals surface area contributed by atoms with Gasteiger partial charge in [-0.3, -0.25) is 4.79 Å². The third-order valence-corrected chi connectivity index (χ3v) is 6.73. The van der Waals surface area contributed by atoms with Crippen LogP contribution in [0.2, 0.25) is 0 Å². The standard InChI is InChI=1S/C30H38INO4/c1-21(2)18-22-13-15-24(16-14-22)29-27(31)28(32-36-29)25(19-26(33)35-30(3,4)5)12-9-17-34-20-23-10-7-6-8-11-23/h6-8,10-11,13-16,21,25H,9,12,17-20H2,1-5H3. The van der Waals surface area contributed by atoms with Crippen LogP contribution in [0.4, 0.5) is 0 Å². The molecule has 0 radical (unpaired) electrons. The van der Waals surface area contributed by atoms with Gasteiger partial charge in [0.2, 0.25) is 0 Å². The van der Waals surface area contributed by atoms with Crippen molar-refractivity contribution in [3.8, 4) is 11.3 Å². The van der Waals surface area contributed by atoms with Crippen molar-refractivity contribution in [2.45, 2.75) is 78.4 Å². The molecule has 0 amide bonds. The second-order valence-electron chi connectivity index (χ2n) is 10.7. The fourth-order valence-electron chi connectivity index (χ4n) is 4.10. The molecule has 1 aromatic heterocycles. The summed E-state index contributed by atoms with van der Waals surface area (Å²) in [6.07, 6.45) is 2.86. The van der Waals surface area contributed by atoms with E-state index in [1.807, 2.05) is 39.0 Å². The third-order valence-electron chi connectivity index (χ3n) is 5.69. The molecule has 0 spiro atoms. The van der Waals surface area contributed by atoms with E-state index in [1.54, 1.807) is 0 Å². The van der Waals surface area contributed by atoms with Crippen LogP contribution >= 0.6 is 22.6 Å². The van der Waals surface area contributed by atoms with Crippen LogP contribution in [0.1, 0.15) is 76.6 Å². The molecule has 36 heavy (non-hydrogen) atoms. The summed E-state index contributed by atoms with van der Waals surface area (Å²) in [5, 5.41) is 4.43. The molecule has 0 aliphatic carbocycles. The Morgan fingerprint density at radius 3 is 2.36 bits per heavy atom. The highest BCUT2D eigenvalue weighted by Crippen LogP contribution is 2.35. The van der Waals surface area contributed by atoms with Gasteiger partial charge in [-0.1, -0.05) is 73.6 Å². The minimum atomic E-state index is -0.527. The molecule has 1 heterocycles. The summed E-state index contributed by atoms with van der Waals surface area (Å²) in [4.78, 5) is 12.7. The summed E-state index contributed by atoms with van der Waals surface area (Å²) >= 11 is 2.29. The molecule has 0 aliphatic heterocycles. The summed E-state index contributed by atoms with van der Waals surface area (Å²) in [7, 11) is 0. The minimum Gasteiger partial charge on any atom is -0.460 e. The molecule has 2 aromatic carbocycles. The zero-order chi connectivity index (χ0) is 26.1. The second kappa shape index (κ2) is 13.4. The fraction of sp³-hybridized carbons (Fsp3) is 0.467. The number of benzene rings is 2. The highest BCUT2D eigenvalue weighted by atomic mass is 127. The number of hydrogen-bond acceptors (Lipinski definition) is 5. The van der Waals surface area contributed by atoms with Gasteiger partial charge in [0.05, 0.1) is 16.6 Å². The smallest absolute Gasteiger partial charge is 0.306 e. The molecule has 3 aromatic rings. The van der Waals surface area contributed by atoms with E-state index < -0.39 is 5.60 Å². The highest BCUT2D eigenvalue weighted by Gasteiger charge is 2.27. The van der Waals surface area contributed by atoms with Crippen LogP contribution in [0, 0.1) is 9.49 Å². The maximum atomic E-state index is 12.7. The molecule has 5 nitrogen and oxygen atoms in total. The first-order chi connectivity index (χ1) is 17.1. The Morgan fingerprint density at radius 1 is 1.03 bits per heavy atom. The molecule has 0 fully saturated rings. The maximum Gasteiger partial charge on any atom is 0.306 e. The van der Waals surface area contributed by atoms with Crippen LogP contribution < -0.4 is 0 Å². The molecular formula is C30H38INO4. The summed E-state index contributed by atoms with van der Waals surface area (Å²) in [5.41, 5.74) is 3.73. The lowest BCUT2D eigenvalue weighted by Crippen LogP contribution is -2.25. The van der Waals surface area contributed by atoms with Gasteiger partial charge in [-0.2, -0.15) is 0 Å². The number of rotatable bonds is 12. The van der Waals surface area contributed by atoms with E-state index in [0.29, 0.717) is 19.1 Å². The van der Waals surface area contributed by atoms with Crippen LogP contribution in [-0.4, -0.2) is 23.3 Å². The molecular weight excluding hydrogens is 565 g/mol. The van der Waals surface area contributed by atoms with Gasteiger partial charge >= 0.3 is 5.97 Å². The first kappa shape index (κ1) is 28.4. The molecule has 0 saturated carbocycles. The molecule has 6 heteroatoms. The van der Waals surface area contributed by atoms with Crippen molar-refractivity contribution in [1.29, 1.82) is 0 Å². The van der Waals surface area contributed by atoms with Crippen LogP contribution in [0.5, 0.6) is 0 Å². The van der Waals surface area contributed by atoms with E-state index in [9.17, 15) is 4.79 Å². The van der Waals surface area contributed by atoms with Crippen molar-refractivity contribution in [3.05, 3.63) is 75.0 Å². The molecule has 1 atom stereocenters. The van der Waals surface area contributed by atoms with Gasteiger partial charge in [-0.25, -0.2) is 0 Å². The van der Waals surface area contributed by atoms with Crippen LogP contribution in [-0.2, 0) is 27.3 Å². The predicted molar refractivity (Wildman–Crippen MR) is 152 cm³/mol. The van der Waals surface area contributed by atoms with E-state index in [4.69, 9.17) is 14.0 Å². The Bertz CT molecular complexity index is 1080. The molecule has 194 valence electrons. The van der Waals surface area contributed by atoms with Crippen molar-refractivity contribution in [3.63, 3.8) is 0 Å². The largest absolute Gasteiger partial charge is 0.460 e. The van der Waals surface area contributed by atoms with Crippen LogP contribution in [0.3, 0.4) is 0 Å². The lowest BCUT2D eigenvalue weighted by Gasteiger charge is -2.21. The van der Waals surface area contributed by atoms with E-state index in [0.717, 1.165) is 45.4 Å². The maximum absolute atomic E-state index is 12.7. The topological polar surface area (TPSA) is 61.6 Å². The lowest BCUT2D eigenvalue weighted by molar-refractivity contribution is -0.155. The number of halogens is 1. The number of aromatic nitrogens is 1. The first-order valence-corrected chi connectivity index (χ1v) is 13.8. The van der Waals surface area contributed by atoms with Gasteiger partial charge < -0.3 is 14.0 Å². The average Bonchev–Trinajstić information content (AvgIpc) is 3.19. The number of ether oxygens (including phenoxy) is 2. The monoisotopic (exact) mass is 603 g/mol. The number of carbonyl (C=O) groups excluding carboxylic acids is 1. The molecule has 0 aliphatic rings. The van der Waals surface area contributed by atoms with Crippen LogP contribution in [0.15, 0.2) is 59.1 Å². The van der Waals surface area contributed by atoms with Gasteiger partial charge in [0.15, 0.2) is 5.76 Å². The van der Waals surface area contributed by atoms with E-state index >= 15 is 0 Å². The average molecular weight is 604 g/mol. The lowest BCUT2D eigenvalue weighted by atomic mass is 9.95. The van der Waals surface area contributed by atoms with Crippen molar-refractivity contribution in [1.82, 2.24) is 5.16 Å². The Labute approximate surface area is 229 Å². The number of nitrogens with zero attached hydrogens (tertiary/aromatic N) is 1. The molecule has 0 saturated heterocycles. The summed E-state index contributed by atoms with van der Waals surface area (Å²) in [6.45, 7) is 11.3. The van der Waals surface area contributed by atoms with Gasteiger partial charge in [-0.15, -0.1) is 0 Å². The quantitative estimate of drug-likeness (QED) is 0.119. The molecule has 0 N–H and O–H groups in total. The fourth-order valence-corrected chi connectivity index (χ4v) is 5.05. The molecule has 1 unspecified atom stereocenters. The van der Waals surface area contributed by atoms with Gasteiger partial charge in [0, 0.05) is 18.1 Å². The van der Waals surface area contributed by atoms with E-state index in [-0.39, 0.29) is 18.3 Å². The zero-order valence-corrected chi connectivity index (χ0v) is 24.2. The van der Waals surface area contributed by atoms with Crippen molar-refractivity contribution < 1.29 is 18.8 Å². The van der Waals surface area contributed by atoms with Gasteiger partial charge in [0.25, 0.3) is 0 Å². The Balaban J connectivity index is 1.70. The predicted octanol–water partition coefficient (Wildman–Crippen LogP) is 7.96. The molecule has 0 bridgehead atoms. The highest BCUT2D eigenvalue weighted by molar-refractivity contribution is 14.1. The second-order valence-corrected chi connectivity index (χ2v) is 11.8. The Morgan fingerprint density at radius 2 is 1.72 bits per heavy atom. The molecule has 3 rings (SSSR count). The minimum absolute atomic E-state index is 0.107. The van der Waals surface area contributed by atoms with E-state index in [1.165, 1.54) is 5.56 Å². The normalized spacial score (nSPS) is 12.6. The SMILES string of the molecule is CC(C)Cc1ccc(-c2onc(C(CCCOCc3ccccc3)CC(=O)OC(C)(C)C)c2I)cc1. The number of esters is 1. The van der Waals surface area contributed by atoms with Crippen molar-refractivity contribution in [2.24, 2.45) is 5.92 Å². The van der Waals surface area contributed by atoms with Crippen LogP contribution in [0.25, 0.3) is 11.3 Å². The number of hydrogen-bond donors (Lipinski definition) is 0. The third kappa shape index (κ3) is 9.04. The number of carbonyl (C=O) groups is 1. The van der Waals surface area contributed by atoms with Gasteiger partial charge in [0.1, 0.15) is 11.3 Å². The Kier molecular flexibility index (Phi) is 10.5. The Hall–Kier alpha value is -2.19.